The Balaban J connectivity index is 2.59. The Morgan fingerprint density at radius 1 is 1.14 bits per heavy atom. The van der Waals surface area contributed by atoms with Gasteiger partial charge in [0.05, 0.1) is 5.69 Å². The maximum absolute atomic E-state index is 13.0. The van der Waals surface area contributed by atoms with E-state index in [-0.39, 0.29) is 11.4 Å². The van der Waals surface area contributed by atoms with E-state index in [1.165, 1.54) is 5.56 Å². The van der Waals surface area contributed by atoms with E-state index in [9.17, 15) is 4.79 Å². The highest BCUT2D eigenvalue weighted by Crippen LogP contribution is 2.28. The monoisotopic (exact) mass is 378 g/mol. The van der Waals surface area contributed by atoms with E-state index >= 15 is 0 Å². The van der Waals surface area contributed by atoms with Gasteiger partial charge in [0.2, 0.25) is 0 Å². The van der Waals surface area contributed by atoms with Crippen molar-refractivity contribution in [1.82, 2.24) is 5.32 Å². The second-order valence-corrected chi connectivity index (χ2v) is 7.55. The van der Waals surface area contributed by atoms with Gasteiger partial charge < -0.3 is 5.32 Å². The van der Waals surface area contributed by atoms with Gasteiger partial charge in [-0.1, -0.05) is 36.8 Å². The van der Waals surface area contributed by atoms with Crippen molar-refractivity contribution < 1.29 is 4.79 Å². The lowest BCUT2D eigenvalue weighted by Crippen LogP contribution is -2.42. The molecule has 2 rings (SSSR count). The van der Waals surface area contributed by atoms with Gasteiger partial charge in [-0.15, -0.1) is 0 Å². The van der Waals surface area contributed by atoms with Crippen molar-refractivity contribution in [2.45, 2.75) is 46.6 Å². The number of rotatable bonds is 6. The quantitative estimate of drug-likeness (QED) is 0.434. The number of hydrazone groups is 1. The van der Waals surface area contributed by atoms with Crippen LogP contribution in [0.15, 0.2) is 52.6 Å². The molecule has 0 saturated heterocycles. The average molecular weight is 379 g/mol. The van der Waals surface area contributed by atoms with Gasteiger partial charge in [0, 0.05) is 24.9 Å². The summed E-state index contributed by atoms with van der Waals surface area (Å²) in [6.45, 7) is 13.7. The van der Waals surface area contributed by atoms with Crippen molar-refractivity contribution in [2.24, 2.45) is 10.1 Å². The van der Waals surface area contributed by atoms with Crippen LogP contribution in [-0.4, -0.2) is 31.0 Å². The van der Waals surface area contributed by atoms with Gasteiger partial charge >= 0.3 is 0 Å². The molecule has 0 radical (unpaired) electrons. The van der Waals surface area contributed by atoms with Crippen LogP contribution >= 0.6 is 0 Å². The van der Waals surface area contributed by atoms with Gasteiger partial charge in [0.1, 0.15) is 5.84 Å². The summed E-state index contributed by atoms with van der Waals surface area (Å²) in [5, 5.41) is 8.83. The Hall–Kier alpha value is -2.95. The molecule has 1 amide bonds. The molecule has 0 aliphatic carbocycles. The fourth-order valence-electron chi connectivity index (χ4n) is 2.71. The zero-order valence-corrected chi connectivity index (χ0v) is 17.7. The van der Waals surface area contributed by atoms with Crippen LogP contribution in [0.1, 0.15) is 50.0 Å². The van der Waals surface area contributed by atoms with Crippen LogP contribution < -0.4 is 10.3 Å². The molecule has 0 fully saturated rings. The number of nitrogens with zero attached hydrogens (tertiary/aromatic N) is 3. The summed E-state index contributed by atoms with van der Waals surface area (Å²) < 4.78 is 0. The summed E-state index contributed by atoms with van der Waals surface area (Å²) in [5.41, 5.74) is 4.20. The fraction of sp³-hybridized carbons (Fsp3) is 0.348. The number of carbonyl (C=O) groups excluding carboxylic acids is 1. The van der Waals surface area contributed by atoms with E-state index in [0.29, 0.717) is 11.4 Å². The van der Waals surface area contributed by atoms with Crippen LogP contribution in [0.25, 0.3) is 11.1 Å². The second-order valence-electron chi connectivity index (χ2n) is 7.55. The first kappa shape index (κ1) is 21.4. The minimum absolute atomic E-state index is 0.114. The highest BCUT2D eigenvalue weighted by molar-refractivity contribution is 6.01. The number of nitrogens with one attached hydrogen (secondary N) is 1. The minimum Gasteiger partial charge on any atom is -0.347 e. The summed E-state index contributed by atoms with van der Waals surface area (Å²) in [7, 11) is 1.70. The molecule has 148 valence electrons. The Labute approximate surface area is 168 Å². The fourth-order valence-corrected chi connectivity index (χ4v) is 2.71. The number of anilines is 1. The average Bonchev–Trinajstić information content (AvgIpc) is 2.68. The molecule has 0 aliphatic rings. The van der Waals surface area contributed by atoms with Crippen molar-refractivity contribution in [3.05, 3.63) is 53.6 Å². The predicted molar refractivity (Wildman–Crippen MR) is 120 cm³/mol. The summed E-state index contributed by atoms with van der Waals surface area (Å²) in [5.74, 6) is 0.577. The summed E-state index contributed by atoms with van der Waals surface area (Å²) in [6.07, 6.45) is 0.838. The summed E-state index contributed by atoms with van der Waals surface area (Å²) >= 11 is 0. The van der Waals surface area contributed by atoms with Gasteiger partial charge in [-0.3, -0.25) is 9.79 Å². The molecule has 0 spiro atoms. The van der Waals surface area contributed by atoms with Crippen molar-refractivity contribution in [3.8, 4) is 11.1 Å². The zero-order chi connectivity index (χ0) is 20.9. The Morgan fingerprint density at radius 3 is 2.32 bits per heavy atom. The zero-order valence-electron chi connectivity index (χ0n) is 17.7. The number of aryl methyl sites for hydroxylation is 1. The Morgan fingerprint density at radius 2 is 1.79 bits per heavy atom. The first-order valence-corrected chi connectivity index (χ1v) is 9.45. The maximum atomic E-state index is 13.0. The van der Waals surface area contributed by atoms with Crippen LogP contribution in [0.2, 0.25) is 0 Å². The van der Waals surface area contributed by atoms with E-state index < -0.39 is 0 Å². The number of carbonyl (C=O) groups is 1. The van der Waals surface area contributed by atoms with Gasteiger partial charge in [-0.2, -0.15) is 5.10 Å². The molecular weight excluding hydrogens is 348 g/mol. The smallest absolute Gasteiger partial charge is 0.251 e. The van der Waals surface area contributed by atoms with Crippen LogP contribution in [0.3, 0.4) is 0 Å². The van der Waals surface area contributed by atoms with Crippen molar-refractivity contribution >= 4 is 24.1 Å². The van der Waals surface area contributed by atoms with Gasteiger partial charge in [0.25, 0.3) is 5.91 Å². The lowest BCUT2D eigenvalue weighted by atomic mass is 9.98. The molecule has 0 aromatic heterocycles. The number of aliphatic imine (C=N–C) groups is 1. The molecule has 2 aromatic carbocycles. The topological polar surface area (TPSA) is 57.1 Å². The third-order valence-corrected chi connectivity index (χ3v) is 4.92. The molecule has 5 nitrogen and oxygen atoms in total. The Kier molecular flexibility index (Phi) is 6.73. The number of amidine groups is 1. The first-order chi connectivity index (χ1) is 13.2. The van der Waals surface area contributed by atoms with E-state index in [4.69, 9.17) is 0 Å². The molecule has 0 bridgehead atoms. The van der Waals surface area contributed by atoms with Crippen molar-refractivity contribution in [2.75, 3.05) is 12.1 Å². The van der Waals surface area contributed by atoms with Gasteiger partial charge in [-0.25, -0.2) is 5.01 Å². The maximum Gasteiger partial charge on any atom is 0.251 e. The number of hydrogen-bond acceptors (Lipinski definition) is 3. The van der Waals surface area contributed by atoms with Crippen molar-refractivity contribution in [3.63, 3.8) is 0 Å². The largest absolute Gasteiger partial charge is 0.347 e. The molecule has 0 heterocycles. The highest BCUT2D eigenvalue weighted by Gasteiger charge is 2.21. The minimum atomic E-state index is -0.283. The number of hydrogen-bond donors (Lipinski definition) is 1. The predicted octanol–water partition coefficient (Wildman–Crippen LogP) is 5.05. The van der Waals surface area contributed by atoms with Crippen LogP contribution in [0.4, 0.5) is 5.69 Å². The van der Waals surface area contributed by atoms with Crippen LogP contribution in [0, 0.1) is 6.92 Å². The molecule has 0 aliphatic heterocycles. The lowest BCUT2D eigenvalue weighted by Gasteiger charge is -2.25. The molecule has 0 saturated carbocycles. The summed E-state index contributed by atoms with van der Waals surface area (Å²) in [6, 6.07) is 14.0. The number of benzene rings is 2. The molecular formula is C23H30N4O. The molecule has 0 atom stereocenters. The second kappa shape index (κ2) is 8.83. The third kappa shape index (κ3) is 5.06. The molecule has 5 heteroatoms. The number of amides is 1. The van der Waals surface area contributed by atoms with E-state index in [1.807, 2.05) is 39.0 Å². The van der Waals surface area contributed by atoms with Crippen molar-refractivity contribution in [1.29, 1.82) is 0 Å². The highest BCUT2D eigenvalue weighted by atomic mass is 16.1. The Bertz CT molecular complexity index is 882. The van der Waals surface area contributed by atoms with E-state index in [1.54, 1.807) is 12.1 Å². The van der Waals surface area contributed by atoms with E-state index in [2.05, 4.69) is 60.2 Å². The standard InChI is InChI=1S/C23H30N4O/c1-8-23(4,5)26-22(28)20-13-19(18-11-9-16(2)10-12-18)14-21(15-20)27(25-7)17(3)24-6/h9-15H,7-8H2,1-6H3,(H,26,28). The molecule has 1 N–H and O–H groups in total. The molecule has 0 unspecified atom stereocenters. The van der Waals surface area contributed by atoms with Crippen LogP contribution in [0.5, 0.6) is 0 Å². The van der Waals surface area contributed by atoms with Gasteiger partial charge in [-0.05, 0) is 63.4 Å². The molecule has 2 aromatic rings. The normalized spacial score (nSPS) is 11.9. The lowest BCUT2D eigenvalue weighted by molar-refractivity contribution is 0.0911. The summed E-state index contributed by atoms with van der Waals surface area (Å²) in [4.78, 5) is 17.2. The SMILES string of the molecule is C=NN(C(C)=NC)c1cc(C(=O)NC(C)(C)CC)cc(-c2ccc(C)cc2)c1. The van der Waals surface area contributed by atoms with E-state index in [0.717, 1.165) is 23.2 Å². The van der Waals surface area contributed by atoms with Crippen LogP contribution in [-0.2, 0) is 0 Å². The molecule has 28 heavy (non-hydrogen) atoms. The third-order valence-electron chi connectivity index (χ3n) is 4.92. The first-order valence-electron chi connectivity index (χ1n) is 9.45. The van der Waals surface area contributed by atoms with Gasteiger partial charge in [0.15, 0.2) is 0 Å².